The van der Waals surface area contributed by atoms with E-state index < -0.39 is 0 Å². The lowest BCUT2D eigenvalue weighted by molar-refractivity contribution is -0.383. The molecule has 0 fully saturated rings. The summed E-state index contributed by atoms with van der Waals surface area (Å²) in [6.45, 7) is 4.11. The molecule has 0 radical (unpaired) electrons. The van der Waals surface area contributed by atoms with Crippen molar-refractivity contribution in [1.82, 2.24) is 9.55 Å². The first kappa shape index (κ1) is 14.3. The summed E-state index contributed by atoms with van der Waals surface area (Å²) >= 11 is 0. The number of non-ortho nitro benzene ring substituents is 1. The Bertz CT molecular complexity index is 825. The SMILES string of the molecule is CCc1nc2c([N+](=O)[O-])cccc2n1C(C)c1ccccc1. The Morgan fingerprint density at radius 2 is 1.91 bits per heavy atom. The third kappa shape index (κ3) is 2.24. The Morgan fingerprint density at radius 1 is 1.18 bits per heavy atom. The molecular formula is C17H17N3O2. The molecule has 0 N–H and O–H groups in total. The van der Waals surface area contributed by atoms with Crippen LogP contribution in [0.25, 0.3) is 11.0 Å². The summed E-state index contributed by atoms with van der Waals surface area (Å²) in [5.41, 5.74) is 2.49. The van der Waals surface area contributed by atoms with Crippen LogP contribution in [0.2, 0.25) is 0 Å². The molecule has 22 heavy (non-hydrogen) atoms. The van der Waals surface area contributed by atoms with Gasteiger partial charge in [-0.2, -0.15) is 0 Å². The molecular weight excluding hydrogens is 278 g/mol. The standard InChI is InChI=1S/C17H17N3O2/c1-3-16-18-17-14(10-7-11-15(17)20(21)22)19(16)12(2)13-8-5-4-6-9-13/h4-12H,3H2,1-2H3. The topological polar surface area (TPSA) is 61.0 Å². The highest BCUT2D eigenvalue weighted by Crippen LogP contribution is 2.30. The number of imidazole rings is 1. The number of aromatic nitrogens is 2. The predicted octanol–water partition coefficient (Wildman–Crippen LogP) is 4.12. The van der Waals surface area contributed by atoms with Gasteiger partial charge < -0.3 is 4.57 Å². The molecule has 0 saturated heterocycles. The summed E-state index contributed by atoms with van der Waals surface area (Å²) in [5, 5.41) is 11.2. The molecule has 0 amide bonds. The van der Waals surface area contributed by atoms with E-state index in [2.05, 4.69) is 28.6 Å². The summed E-state index contributed by atoms with van der Waals surface area (Å²) < 4.78 is 2.09. The van der Waals surface area contributed by atoms with Gasteiger partial charge in [-0.05, 0) is 18.6 Å². The third-order valence-electron chi connectivity index (χ3n) is 3.95. The minimum Gasteiger partial charge on any atom is -0.320 e. The molecule has 0 spiro atoms. The molecule has 3 rings (SSSR count). The fraction of sp³-hybridized carbons (Fsp3) is 0.235. The summed E-state index contributed by atoms with van der Waals surface area (Å²) in [6, 6.07) is 15.3. The van der Waals surface area contributed by atoms with Gasteiger partial charge in [0.2, 0.25) is 0 Å². The fourth-order valence-corrected chi connectivity index (χ4v) is 2.86. The number of fused-ring (bicyclic) bond motifs is 1. The number of nitrogens with zero attached hydrogens (tertiary/aromatic N) is 3. The molecule has 0 aliphatic carbocycles. The molecule has 1 heterocycles. The number of aryl methyl sites for hydroxylation is 1. The van der Waals surface area contributed by atoms with E-state index in [4.69, 9.17) is 0 Å². The van der Waals surface area contributed by atoms with E-state index >= 15 is 0 Å². The second-order valence-electron chi connectivity index (χ2n) is 5.24. The maximum atomic E-state index is 11.2. The van der Waals surface area contributed by atoms with Gasteiger partial charge in [0.1, 0.15) is 5.82 Å². The van der Waals surface area contributed by atoms with Gasteiger partial charge in [-0.3, -0.25) is 10.1 Å². The number of rotatable bonds is 4. The van der Waals surface area contributed by atoms with Crippen molar-refractivity contribution in [3.63, 3.8) is 0 Å². The van der Waals surface area contributed by atoms with Crippen LogP contribution < -0.4 is 0 Å². The summed E-state index contributed by atoms with van der Waals surface area (Å²) in [4.78, 5) is 15.4. The molecule has 1 aromatic heterocycles. The Labute approximate surface area is 128 Å². The van der Waals surface area contributed by atoms with Crippen LogP contribution in [-0.2, 0) is 6.42 Å². The zero-order chi connectivity index (χ0) is 15.7. The maximum Gasteiger partial charge on any atom is 0.297 e. The monoisotopic (exact) mass is 295 g/mol. The van der Waals surface area contributed by atoms with Crippen molar-refractivity contribution < 1.29 is 4.92 Å². The van der Waals surface area contributed by atoms with Crippen molar-refractivity contribution in [1.29, 1.82) is 0 Å². The molecule has 2 aromatic carbocycles. The average molecular weight is 295 g/mol. The lowest BCUT2D eigenvalue weighted by Gasteiger charge is -2.17. The molecule has 0 aliphatic rings. The van der Waals surface area contributed by atoms with E-state index in [1.54, 1.807) is 6.07 Å². The molecule has 5 heteroatoms. The van der Waals surface area contributed by atoms with Gasteiger partial charge >= 0.3 is 0 Å². The zero-order valence-corrected chi connectivity index (χ0v) is 12.6. The maximum absolute atomic E-state index is 11.2. The van der Waals surface area contributed by atoms with Crippen LogP contribution in [0.1, 0.15) is 31.3 Å². The van der Waals surface area contributed by atoms with E-state index in [0.717, 1.165) is 23.3 Å². The first-order valence-corrected chi connectivity index (χ1v) is 7.32. The van der Waals surface area contributed by atoms with Crippen LogP contribution in [0.15, 0.2) is 48.5 Å². The molecule has 0 bridgehead atoms. The quantitative estimate of drug-likeness (QED) is 0.537. The lowest BCUT2D eigenvalue weighted by Crippen LogP contribution is -2.10. The predicted molar refractivity (Wildman–Crippen MR) is 86.0 cm³/mol. The normalized spacial score (nSPS) is 12.5. The highest BCUT2D eigenvalue weighted by Gasteiger charge is 2.21. The molecule has 1 unspecified atom stereocenters. The van der Waals surface area contributed by atoms with E-state index in [1.165, 1.54) is 6.07 Å². The van der Waals surface area contributed by atoms with Crippen molar-refractivity contribution in [3.8, 4) is 0 Å². The number of hydrogen-bond donors (Lipinski definition) is 0. The Kier molecular flexibility index (Phi) is 3.63. The van der Waals surface area contributed by atoms with Crippen molar-refractivity contribution in [2.24, 2.45) is 0 Å². The average Bonchev–Trinajstić information content (AvgIpc) is 2.93. The van der Waals surface area contributed by atoms with Crippen molar-refractivity contribution in [2.45, 2.75) is 26.3 Å². The van der Waals surface area contributed by atoms with Gasteiger partial charge in [0.05, 0.1) is 16.5 Å². The van der Waals surface area contributed by atoms with E-state index in [0.29, 0.717) is 5.52 Å². The number of hydrogen-bond acceptors (Lipinski definition) is 3. The summed E-state index contributed by atoms with van der Waals surface area (Å²) in [6.07, 6.45) is 0.725. The van der Waals surface area contributed by atoms with Crippen LogP contribution in [-0.4, -0.2) is 14.5 Å². The minimum atomic E-state index is -0.369. The summed E-state index contributed by atoms with van der Waals surface area (Å²) in [5.74, 6) is 0.862. The first-order valence-electron chi connectivity index (χ1n) is 7.32. The molecule has 3 aromatic rings. The van der Waals surface area contributed by atoms with Crippen molar-refractivity contribution in [2.75, 3.05) is 0 Å². The van der Waals surface area contributed by atoms with Crippen LogP contribution in [0, 0.1) is 10.1 Å². The molecule has 112 valence electrons. The second-order valence-corrected chi connectivity index (χ2v) is 5.24. The highest BCUT2D eigenvalue weighted by molar-refractivity contribution is 5.85. The number of nitro groups is 1. The second kappa shape index (κ2) is 5.60. The number of benzene rings is 2. The lowest BCUT2D eigenvalue weighted by atomic mass is 10.1. The van der Waals surface area contributed by atoms with Gasteiger partial charge in [-0.1, -0.05) is 43.3 Å². The molecule has 0 aliphatic heterocycles. The molecule has 5 nitrogen and oxygen atoms in total. The summed E-state index contributed by atoms with van der Waals surface area (Å²) in [7, 11) is 0. The largest absolute Gasteiger partial charge is 0.320 e. The van der Waals surface area contributed by atoms with Gasteiger partial charge in [-0.25, -0.2) is 4.98 Å². The van der Waals surface area contributed by atoms with Crippen LogP contribution in [0.3, 0.4) is 0 Å². The van der Waals surface area contributed by atoms with E-state index in [1.807, 2.05) is 31.2 Å². The van der Waals surface area contributed by atoms with Gasteiger partial charge in [0.15, 0.2) is 5.52 Å². The van der Waals surface area contributed by atoms with Gasteiger partial charge in [0, 0.05) is 12.5 Å². The Morgan fingerprint density at radius 3 is 2.55 bits per heavy atom. The van der Waals surface area contributed by atoms with E-state index in [9.17, 15) is 10.1 Å². The van der Waals surface area contributed by atoms with Crippen LogP contribution in [0.4, 0.5) is 5.69 Å². The van der Waals surface area contributed by atoms with Crippen molar-refractivity contribution in [3.05, 3.63) is 70.0 Å². The third-order valence-corrected chi connectivity index (χ3v) is 3.95. The Balaban J connectivity index is 2.25. The highest BCUT2D eigenvalue weighted by atomic mass is 16.6. The van der Waals surface area contributed by atoms with Crippen LogP contribution >= 0.6 is 0 Å². The van der Waals surface area contributed by atoms with E-state index in [-0.39, 0.29) is 16.7 Å². The number of nitro benzene ring substituents is 1. The first-order chi connectivity index (χ1) is 10.6. The fourth-order valence-electron chi connectivity index (χ4n) is 2.86. The number of para-hydroxylation sites is 1. The smallest absolute Gasteiger partial charge is 0.297 e. The van der Waals surface area contributed by atoms with Crippen LogP contribution in [0.5, 0.6) is 0 Å². The Hall–Kier alpha value is -2.69. The van der Waals surface area contributed by atoms with Gasteiger partial charge in [-0.15, -0.1) is 0 Å². The molecule has 1 atom stereocenters. The van der Waals surface area contributed by atoms with Crippen molar-refractivity contribution >= 4 is 16.7 Å². The van der Waals surface area contributed by atoms with Gasteiger partial charge in [0.25, 0.3) is 5.69 Å². The minimum absolute atomic E-state index is 0.0613. The molecule has 0 saturated carbocycles. The zero-order valence-electron chi connectivity index (χ0n) is 12.6.